The van der Waals surface area contributed by atoms with E-state index < -0.39 is 0 Å². The Morgan fingerprint density at radius 3 is 2.53 bits per heavy atom. The van der Waals surface area contributed by atoms with Gasteiger partial charge in [0.1, 0.15) is 5.75 Å². The predicted molar refractivity (Wildman–Crippen MR) is 82.0 cm³/mol. The maximum atomic E-state index is 6.36. The summed E-state index contributed by atoms with van der Waals surface area (Å²) in [5, 5.41) is 2.12. The lowest BCUT2D eigenvalue weighted by molar-refractivity contribution is 0.317. The van der Waals surface area contributed by atoms with Crippen LogP contribution < -0.4 is 10.5 Å². The molecular weight excluding hydrogens is 254 g/mol. The van der Waals surface area contributed by atoms with Gasteiger partial charge in [0.05, 0.1) is 12.6 Å². The molecular formula is C16H21NOS. The van der Waals surface area contributed by atoms with Crippen molar-refractivity contribution in [1.29, 1.82) is 0 Å². The Morgan fingerprint density at radius 1 is 1.16 bits per heavy atom. The highest BCUT2D eigenvalue weighted by Gasteiger charge is 2.13. The van der Waals surface area contributed by atoms with E-state index >= 15 is 0 Å². The van der Waals surface area contributed by atoms with Crippen molar-refractivity contribution in [2.45, 2.75) is 32.7 Å². The summed E-state index contributed by atoms with van der Waals surface area (Å²) in [5.41, 5.74) is 8.85. The van der Waals surface area contributed by atoms with Crippen LogP contribution in [0.3, 0.4) is 0 Å². The summed E-state index contributed by atoms with van der Waals surface area (Å²) in [4.78, 5) is 1.27. The molecule has 0 spiro atoms. The number of ether oxygens (including phenoxy) is 1. The summed E-state index contributed by atoms with van der Waals surface area (Å²) < 4.78 is 5.59. The molecule has 2 rings (SSSR count). The molecule has 1 heterocycles. The minimum absolute atomic E-state index is 0.0322. The van der Waals surface area contributed by atoms with Gasteiger partial charge in [-0.25, -0.2) is 0 Å². The molecule has 0 saturated heterocycles. The number of hydrogen-bond acceptors (Lipinski definition) is 3. The summed E-state index contributed by atoms with van der Waals surface area (Å²) in [6.45, 7) is 5.03. The third-order valence-electron chi connectivity index (χ3n) is 3.16. The van der Waals surface area contributed by atoms with Crippen molar-refractivity contribution in [3.8, 4) is 5.75 Å². The third-order valence-corrected chi connectivity index (χ3v) is 4.20. The fourth-order valence-corrected chi connectivity index (χ4v) is 3.08. The van der Waals surface area contributed by atoms with Crippen molar-refractivity contribution < 1.29 is 4.74 Å². The van der Waals surface area contributed by atoms with Crippen LogP contribution in [0.1, 0.15) is 42.3 Å². The first kappa shape index (κ1) is 14.1. The quantitative estimate of drug-likeness (QED) is 0.859. The summed E-state index contributed by atoms with van der Waals surface area (Å²) in [7, 11) is 0. The van der Waals surface area contributed by atoms with Gasteiger partial charge in [0.25, 0.3) is 0 Å². The molecule has 2 nitrogen and oxygen atoms in total. The van der Waals surface area contributed by atoms with Crippen LogP contribution in [0.25, 0.3) is 0 Å². The predicted octanol–water partition coefficient (Wildman–Crippen LogP) is 4.15. The second kappa shape index (κ2) is 6.73. The molecule has 0 saturated carbocycles. The van der Waals surface area contributed by atoms with Gasteiger partial charge >= 0.3 is 0 Å². The maximum absolute atomic E-state index is 6.36. The molecule has 0 fully saturated rings. The second-order valence-corrected chi connectivity index (χ2v) is 5.51. The molecule has 0 radical (unpaired) electrons. The van der Waals surface area contributed by atoms with E-state index in [0.717, 1.165) is 30.8 Å². The van der Waals surface area contributed by atoms with Crippen molar-refractivity contribution in [1.82, 2.24) is 0 Å². The maximum Gasteiger partial charge on any atom is 0.119 e. The Kier molecular flexibility index (Phi) is 5.00. The van der Waals surface area contributed by atoms with Crippen molar-refractivity contribution in [2.24, 2.45) is 5.73 Å². The van der Waals surface area contributed by atoms with Crippen LogP contribution in [0.2, 0.25) is 0 Å². The smallest absolute Gasteiger partial charge is 0.119 e. The van der Waals surface area contributed by atoms with E-state index in [1.165, 1.54) is 10.4 Å². The normalized spacial score (nSPS) is 12.4. The van der Waals surface area contributed by atoms with Gasteiger partial charge in [-0.05, 0) is 47.5 Å². The molecule has 3 heteroatoms. The molecule has 0 aliphatic heterocycles. The zero-order valence-electron chi connectivity index (χ0n) is 11.6. The fraction of sp³-hybridized carbons (Fsp3) is 0.375. The Hall–Kier alpha value is -1.32. The van der Waals surface area contributed by atoms with E-state index in [2.05, 4.69) is 37.4 Å². The summed E-state index contributed by atoms with van der Waals surface area (Å²) >= 11 is 1.74. The molecule has 1 aromatic carbocycles. The number of thiophene rings is 1. The SMILES string of the molecule is CCCOc1ccc(C(N)c2sccc2CC)cc1. The van der Waals surface area contributed by atoms with Crippen LogP contribution in [0.5, 0.6) is 5.75 Å². The Morgan fingerprint density at radius 2 is 1.89 bits per heavy atom. The standard InChI is InChI=1S/C16H21NOS/c1-3-10-18-14-7-5-13(6-8-14)15(17)16-12(4-2)9-11-19-16/h5-9,11,15H,3-4,10,17H2,1-2H3. The molecule has 0 bridgehead atoms. The number of nitrogens with two attached hydrogens (primary N) is 1. The topological polar surface area (TPSA) is 35.2 Å². The van der Waals surface area contributed by atoms with Gasteiger partial charge in [-0.1, -0.05) is 26.0 Å². The highest BCUT2D eigenvalue weighted by Crippen LogP contribution is 2.29. The molecule has 2 N–H and O–H groups in total. The van der Waals surface area contributed by atoms with Crippen molar-refractivity contribution in [3.05, 3.63) is 51.7 Å². The van der Waals surface area contributed by atoms with Crippen molar-refractivity contribution >= 4 is 11.3 Å². The summed E-state index contributed by atoms with van der Waals surface area (Å²) in [5.74, 6) is 0.916. The van der Waals surface area contributed by atoms with E-state index in [1.807, 2.05) is 12.1 Å². The molecule has 1 aromatic heterocycles. The van der Waals surface area contributed by atoms with Gasteiger partial charge in [0.2, 0.25) is 0 Å². The van der Waals surface area contributed by atoms with Crippen molar-refractivity contribution in [2.75, 3.05) is 6.61 Å². The first-order valence-corrected chi connectivity index (χ1v) is 7.68. The molecule has 0 aliphatic rings. The lowest BCUT2D eigenvalue weighted by Gasteiger charge is -2.13. The number of aryl methyl sites for hydroxylation is 1. The Bertz CT molecular complexity index is 504. The Labute approximate surface area is 119 Å². The zero-order valence-corrected chi connectivity index (χ0v) is 12.4. The minimum Gasteiger partial charge on any atom is -0.494 e. The molecule has 0 amide bonds. The van der Waals surface area contributed by atoms with Gasteiger partial charge in [-0.15, -0.1) is 11.3 Å². The van der Waals surface area contributed by atoms with Gasteiger partial charge in [0.15, 0.2) is 0 Å². The fourth-order valence-electron chi connectivity index (χ4n) is 2.06. The van der Waals surface area contributed by atoms with Gasteiger partial charge in [-0.2, -0.15) is 0 Å². The number of rotatable bonds is 6. The first-order valence-electron chi connectivity index (χ1n) is 6.80. The van der Waals surface area contributed by atoms with Gasteiger partial charge < -0.3 is 10.5 Å². The molecule has 1 unspecified atom stereocenters. The van der Waals surface area contributed by atoms with Crippen LogP contribution in [-0.2, 0) is 6.42 Å². The largest absolute Gasteiger partial charge is 0.494 e. The van der Waals surface area contributed by atoms with E-state index in [1.54, 1.807) is 11.3 Å². The van der Waals surface area contributed by atoms with Crippen LogP contribution >= 0.6 is 11.3 Å². The second-order valence-electron chi connectivity index (χ2n) is 4.56. The summed E-state index contributed by atoms with van der Waals surface area (Å²) in [6, 6.07) is 10.3. The van der Waals surface area contributed by atoms with E-state index in [-0.39, 0.29) is 6.04 Å². The Balaban J connectivity index is 2.13. The lowest BCUT2D eigenvalue weighted by Crippen LogP contribution is -2.11. The average Bonchev–Trinajstić information content (AvgIpc) is 2.93. The van der Waals surface area contributed by atoms with Crippen LogP contribution in [0.15, 0.2) is 35.7 Å². The van der Waals surface area contributed by atoms with Crippen LogP contribution in [0.4, 0.5) is 0 Å². The van der Waals surface area contributed by atoms with Crippen molar-refractivity contribution in [3.63, 3.8) is 0 Å². The monoisotopic (exact) mass is 275 g/mol. The molecule has 1 atom stereocenters. The summed E-state index contributed by atoms with van der Waals surface area (Å²) in [6.07, 6.45) is 2.06. The highest BCUT2D eigenvalue weighted by atomic mass is 32.1. The molecule has 0 aliphatic carbocycles. The number of hydrogen-bond donors (Lipinski definition) is 1. The third kappa shape index (κ3) is 3.37. The van der Waals surface area contributed by atoms with E-state index in [9.17, 15) is 0 Å². The zero-order chi connectivity index (χ0) is 13.7. The van der Waals surface area contributed by atoms with Crippen LogP contribution in [0, 0.1) is 0 Å². The van der Waals surface area contributed by atoms with Gasteiger partial charge in [-0.3, -0.25) is 0 Å². The minimum atomic E-state index is -0.0322. The van der Waals surface area contributed by atoms with E-state index in [0.29, 0.717) is 0 Å². The highest BCUT2D eigenvalue weighted by molar-refractivity contribution is 7.10. The average molecular weight is 275 g/mol. The first-order chi connectivity index (χ1) is 9.26. The number of benzene rings is 1. The van der Waals surface area contributed by atoms with E-state index in [4.69, 9.17) is 10.5 Å². The van der Waals surface area contributed by atoms with Gasteiger partial charge in [0, 0.05) is 4.88 Å². The molecule has 2 aromatic rings. The molecule has 19 heavy (non-hydrogen) atoms. The lowest BCUT2D eigenvalue weighted by atomic mass is 10.0. The molecule has 102 valence electrons. The van der Waals surface area contributed by atoms with Crippen LogP contribution in [-0.4, -0.2) is 6.61 Å².